The number of nitrogens with zero attached hydrogens (tertiary/aromatic N) is 2. The third-order valence-corrected chi connectivity index (χ3v) is 4.35. The van der Waals surface area contributed by atoms with Gasteiger partial charge in [0.15, 0.2) is 5.82 Å². The fourth-order valence-electron chi connectivity index (χ4n) is 3.04. The monoisotopic (exact) mass is 360 g/mol. The SMILES string of the molecule is O=C(Nc1n[nH]c(-c2ccccc2)c1N1C(=O)CCC1=O)c1ccccc1. The van der Waals surface area contributed by atoms with Gasteiger partial charge in [0.25, 0.3) is 5.91 Å². The number of carbonyl (C=O) groups is 3. The average Bonchev–Trinajstić information content (AvgIpc) is 3.25. The topological polar surface area (TPSA) is 95.2 Å². The molecule has 0 saturated carbocycles. The maximum atomic E-state index is 12.5. The standard InChI is InChI=1S/C20H16N4O3/c25-15-11-12-16(26)24(15)18-17(13-7-3-1-4-8-13)22-23-19(18)21-20(27)14-9-5-2-6-10-14/h1-10H,11-12H2,(H2,21,22,23,27). The largest absolute Gasteiger partial charge is 0.303 e. The summed E-state index contributed by atoms with van der Waals surface area (Å²) in [6.07, 6.45) is 0.286. The van der Waals surface area contributed by atoms with Gasteiger partial charge in [0.1, 0.15) is 5.69 Å². The minimum Gasteiger partial charge on any atom is -0.303 e. The van der Waals surface area contributed by atoms with Crippen LogP contribution >= 0.6 is 0 Å². The summed E-state index contributed by atoms with van der Waals surface area (Å²) in [5.74, 6) is -0.851. The van der Waals surface area contributed by atoms with E-state index in [2.05, 4.69) is 15.5 Å². The van der Waals surface area contributed by atoms with Crippen LogP contribution in [-0.4, -0.2) is 27.9 Å². The zero-order chi connectivity index (χ0) is 18.8. The van der Waals surface area contributed by atoms with Crippen LogP contribution in [-0.2, 0) is 9.59 Å². The molecular formula is C20H16N4O3. The highest BCUT2D eigenvalue weighted by molar-refractivity contribution is 6.23. The van der Waals surface area contributed by atoms with Gasteiger partial charge in [-0.15, -0.1) is 0 Å². The molecule has 0 aliphatic carbocycles. The van der Waals surface area contributed by atoms with Gasteiger partial charge in [0, 0.05) is 24.0 Å². The number of rotatable bonds is 4. The Bertz CT molecular complexity index is 996. The van der Waals surface area contributed by atoms with E-state index in [1.165, 1.54) is 0 Å². The maximum absolute atomic E-state index is 12.5. The minimum atomic E-state index is -0.373. The van der Waals surface area contributed by atoms with Crippen molar-refractivity contribution in [1.82, 2.24) is 10.2 Å². The lowest BCUT2D eigenvalue weighted by Gasteiger charge is -2.16. The predicted octanol–water partition coefficient (Wildman–Crippen LogP) is 2.98. The Morgan fingerprint density at radius 1 is 0.926 bits per heavy atom. The Hall–Kier alpha value is -3.74. The molecule has 1 aliphatic heterocycles. The molecule has 2 N–H and O–H groups in total. The fourth-order valence-corrected chi connectivity index (χ4v) is 3.04. The Kier molecular flexibility index (Phi) is 4.25. The molecule has 1 fully saturated rings. The molecule has 0 atom stereocenters. The second kappa shape index (κ2) is 6.87. The predicted molar refractivity (Wildman–Crippen MR) is 100 cm³/mol. The Balaban J connectivity index is 1.78. The molecule has 2 heterocycles. The lowest BCUT2D eigenvalue weighted by molar-refractivity contribution is -0.121. The molecule has 7 nitrogen and oxygen atoms in total. The number of hydrogen-bond acceptors (Lipinski definition) is 4. The summed E-state index contributed by atoms with van der Waals surface area (Å²) < 4.78 is 0. The molecule has 3 amide bonds. The third kappa shape index (κ3) is 3.10. The molecule has 27 heavy (non-hydrogen) atoms. The number of carbonyl (C=O) groups excluding carboxylic acids is 3. The van der Waals surface area contributed by atoms with Crippen molar-refractivity contribution in [3.05, 3.63) is 66.2 Å². The molecule has 0 spiro atoms. The van der Waals surface area contributed by atoms with Crippen LogP contribution in [0.3, 0.4) is 0 Å². The van der Waals surface area contributed by atoms with E-state index in [9.17, 15) is 14.4 Å². The van der Waals surface area contributed by atoms with Crippen LogP contribution in [0.4, 0.5) is 11.5 Å². The van der Waals surface area contributed by atoms with Crippen LogP contribution in [0.15, 0.2) is 60.7 Å². The fraction of sp³-hybridized carbons (Fsp3) is 0.100. The van der Waals surface area contributed by atoms with Crippen LogP contribution in [0.1, 0.15) is 23.2 Å². The summed E-state index contributed by atoms with van der Waals surface area (Å²) >= 11 is 0. The molecule has 1 aromatic heterocycles. The summed E-state index contributed by atoms with van der Waals surface area (Å²) in [6.45, 7) is 0. The van der Waals surface area contributed by atoms with Crippen LogP contribution in [0.5, 0.6) is 0 Å². The van der Waals surface area contributed by atoms with Gasteiger partial charge in [-0.2, -0.15) is 5.10 Å². The number of nitrogens with one attached hydrogen (secondary N) is 2. The zero-order valence-corrected chi connectivity index (χ0v) is 14.3. The van der Waals surface area contributed by atoms with Crippen LogP contribution < -0.4 is 10.2 Å². The van der Waals surface area contributed by atoms with Crippen molar-refractivity contribution in [3.63, 3.8) is 0 Å². The van der Waals surface area contributed by atoms with Gasteiger partial charge >= 0.3 is 0 Å². The van der Waals surface area contributed by atoms with E-state index >= 15 is 0 Å². The summed E-state index contributed by atoms with van der Waals surface area (Å²) in [5, 5.41) is 9.73. The Morgan fingerprint density at radius 3 is 2.15 bits per heavy atom. The molecule has 0 unspecified atom stereocenters. The highest BCUT2D eigenvalue weighted by atomic mass is 16.2. The molecule has 3 aromatic rings. The zero-order valence-electron chi connectivity index (χ0n) is 14.3. The van der Waals surface area contributed by atoms with Crippen molar-refractivity contribution in [2.45, 2.75) is 12.8 Å². The van der Waals surface area contributed by atoms with Crippen molar-refractivity contribution in [2.75, 3.05) is 10.2 Å². The maximum Gasteiger partial charge on any atom is 0.256 e. The Morgan fingerprint density at radius 2 is 1.52 bits per heavy atom. The molecule has 0 bridgehead atoms. The molecular weight excluding hydrogens is 344 g/mol. The highest BCUT2D eigenvalue weighted by Crippen LogP contribution is 2.38. The number of hydrogen-bond donors (Lipinski definition) is 2. The van der Waals surface area contributed by atoms with E-state index in [1.54, 1.807) is 24.3 Å². The van der Waals surface area contributed by atoms with Gasteiger partial charge in [-0.05, 0) is 12.1 Å². The van der Waals surface area contributed by atoms with Gasteiger partial charge in [0.05, 0.1) is 5.69 Å². The van der Waals surface area contributed by atoms with E-state index in [-0.39, 0.29) is 42.1 Å². The van der Waals surface area contributed by atoms with Crippen LogP contribution in [0, 0.1) is 0 Å². The lowest BCUT2D eigenvalue weighted by Crippen LogP contribution is -2.30. The van der Waals surface area contributed by atoms with E-state index in [4.69, 9.17) is 0 Å². The summed E-state index contributed by atoms with van der Waals surface area (Å²) in [6, 6.07) is 17.9. The number of benzene rings is 2. The first kappa shape index (κ1) is 16.7. The minimum absolute atomic E-state index is 0.143. The highest BCUT2D eigenvalue weighted by Gasteiger charge is 2.36. The van der Waals surface area contributed by atoms with Crippen molar-refractivity contribution in [1.29, 1.82) is 0 Å². The Labute approximate surface area is 155 Å². The normalized spacial score (nSPS) is 13.9. The molecule has 1 aliphatic rings. The summed E-state index contributed by atoms with van der Waals surface area (Å²) in [5.41, 5.74) is 1.99. The van der Waals surface area contributed by atoms with Crippen molar-refractivity contribution >= 4 is 29.2 Å². The van der Waals surface area contributed by atoms with Crippen LogP contribution in [0.2, 0.25) is 0 Å². The molecule has 7 heteroatoms. The molecule has 4 rings (SSSR count). The quantitative estimate of drug-likeness (QED) is 0.699. The van der Waals surface area contributed by atoms with E-state index in [1.807, 2.05) is 36.4 Å². The summed E-state index contributed by atoms with van der Waals surface area (Å²) in [7, 11) is 0. The number of amides is 3. The second-order valence-corrected chi connectivity index (χ2v) is 6.10. The molecule has 134 valence electrons. The summed E-state index contributed by atoms with van der Waals surface area (Å²) in [4.78, 5) is 38.3. The van der Waals surface area contributed by atoms with Gasteiger partial charge in [-0.25, -0.2) is 4.90 Å². The number of anilines is 2. The first-order chi connectivity index (χ1) is 13.1. The van der Waals surface area contributed by atoms with Crippen molar-refractivity contribution in [3.8, 4) is 11.3 Å². The van der Waals surface area contributed by atoms with E-state index in [0.717, 1.165) is 10.5 Å². The number of aromatic nitrogens is 2. The first-order valence-electron chi connectivity index (χ1n) is 8.51. The van der Waals surface area contributed by atoms with E-state index < -0.39 is 0 Å². The second-order valence-electron chi connectivity index (χ2n) is 6.10. The average molecular weight is 360 g/mol. The third-order valence-electron chi connectivity index (χ3n) is 4.35. The van der Waals surface area contributed by atoms with Crippen LogP contribution in [0.25, 0.3) is 11.3 Å². The number of aromatic amines is 1. The number of imide groups is 1. The van der Waals surface area contributed by atoms with Gasteiger partial charge < -0.3 is 5.32 Å². The van der Waals surface area contributed by atoms with Gasteiger partial charge in [-0.3, -0.25) is 19.5 Å². The molecule has 2 aromatic carbocycles. The van der Waals surface area contributed by atoms with E-state index in [0.29, 0.717) is 11.3 Å². The van der Waals surface area contributed by atoms with Gasteiger partial charge in [0.2, 0.25) is 11.8 Å². The lowest BCUT2D eigenvalue weighted by atomic mass is 10.1. The van der Waals surface area contributed by atoms with Crippen molar-refractivity contribution in [2.24, 2.45) is 0 Å². The molecule has 0 radical (unpaired) electrons. The van der Waals surface area contributed by atoms with Gasteiger partial charge in [-0.1, -0.05) is 48.5 Å². The smallest absolute Gasteiger partial charge is 0.256 e. The number of H-pyrrole nitrogens is 1. The first-order valence-corrected chi connectivity index (χ1v) is 8.51. The van der Waals surface area contributed by atoms with Crippen molar-refractivity contribution < 1.29 is 14.4 Å². The molecule has 1 saturated heterocycles.